The maximum absolute atomic E-state index is 12.7. The number of β-lactam (4-membered cyclic amide) rings is 1. The first-order valence-electron chi connectivity index (χ1n) is 8.40. The van der Waals surface area contributed by atoms with Gasteiger partial charge in [-0.05, 0) is 5.57 Å². The first kappa shape index (κ1) is 21.7. The summed E-state index contributed by atoms with van der Waals surface area (Å²) in [5.74, 6) is -2.15. The van der Waals surface area contributed by atoms with Crippen molar-refractivity contribution < 1.29 is 33.9 Å². The molecule has 30 heavy (non-hydrogen) atoms. The third-order valence-electron chi connectivity index (χ3n) is 4.18. The van der Waals surface area contributed by atoms with E-state index in [1.807, 2.05) is 0 Å². The largest absolute Gasteiger partial charge is 0.477 e. The van der Waals surface area contributed by atoms with E-state index in [9.17, 15) is 24.3 Å². The minimum Gasteiger partial charge on any atom is -0.477 e. The van der Waals surface area contributed by atoms with Crippen molar-refractivity contribution in [1.82, 2.24) is 15.2 Å². The first-order chi connectivity index (χ1) is 14.4. The third kappa shape index (κ3) is 4.01. The van der Waals surface area contributed by atoms with E-state index in [1.54, 1.807) is 0 Å². The molecular formula is C16H17N5O7S2. The highest BCUT2D eigenvalue weighted by Crippen LogP contribution is 2.40. The molecule has 12 nitrogen and oxygen atoms in total. The quantitative estimate of drug-likeness (QED) is 0.192. The van der Waals surface area contributed by atoms with Gasteiger partial charge < -0.3 is 25.3 Å². The number of carbonyl (C=O) groups excluding carboxylic acids is 3. The van der Waals surface area contributed by atoms with Crippen LogP contribution < -0.4 is 10.6 Å². The average molecular weight is 455 g/mol. The number of ether oxygens (including phenoxy) is 1. The summed E-state index contributed by atoms with van der Waals surface area (Å²) in [4.78, 5) is 57.5. The minimum absolute atomic E-state index is 0.0911. The number of methoxy groups -OCH3 is 1. The molecule has 2 aliphatic heterocycles. The smallest absolute Gasteiger partial charge is 0.352 e. The Morgan fingerprint density at radius 3 is 2.87 bits per heavy atom. The second kappa shape index (κ2) is 9.23. The zero-order valence-electron chi connectivity index (χ0n) is 15.8. The molecule has 1 fully saturated rings. The molecule has 3 N–H and O–H groups in total. The van der Waals surface area contributed by atoms with E-state index in [1.165, 1.54) is 31.4 Å². The van der Waals surface area contributed by atoms with Crippen LogP contribution in [-0.4, -0.2) is 82.9 Å². The second-order valence-corrected chi connectivity index (χ2v) is 7.94. The standard InChI is InChI=1S/C16H17N5O7S2/c1-27-3-7-4-29-14-10(13(24)21(14)11(7)15(25)26)19-12(23)9(20-28-2)8-5-30-16(18-8)17-6-22/h5-6,10,14H,3-4H2,1-2H3,(H,19,23)(H,25,26)(H,17,18,22)/b20-9-/t10?,14-/m1/s1. The number of fused-ring (bicyclic) bond motifs is 1. The van der Waals surface area contributed by atoms with Crippen LogP contribution in [0.3, 0.4) is 0 Å². The molecule has 14 heteroatoms. The number of anilines is 1. The number of aliphatic carboxylic acids is 1. The molecular weight excluding hydrogens is 438 g/mol. The number of hydrogen-bond acceptors (Lipinski definition) is 10. The van der Waals surface area contributed by atoms with E-state index in [0.29, 0.717) is 17.7 Å². The number of thiazole rings is 1. The van der Waals surface area contributed by atoms with E-state index in [2.05, 4.69) is 20.8 Å². The van der Waals surface area contributed by atoms with E-state index in [0.717, 1.165) is 16.2 Å². The Bertz CT molecular complexity index is 944. The summed E-state index contributed by atoms with van der Waals surface area (Å²) in [6.07, 6.45) is 0.448. The lowest BCUT2D eigenvalue weighted by Crippen LogP contribution is -2.71. The van der Waals surface area contributed by atoms with Crippen molar-refractivity contribution in [2.24, 2.45) is 5.16 Å². The number of thioether (sulfide) groups is 1. The Morgan fingerprint density at radius 2 is 2.23 bits per heavy atom. The molecule has 3 amide bonds. The van der Waals surface area contributed by atoms with E-state index in [-0.39, 0.29) is 28.8 Å². The van der Waals surface area contributed by atoms with Crippen molar-refractivity contribution in [3.8, 4) is 0 Å². The van der Waals surface area contributed by atoms with Gasteiger partial charge in [0.05, 0.1) is 6.61 Å². The summed E-state index contributed by atoms with van der Waals surface area (Å²) < 4.78 is 5.02. The van der Waals surface area contributed by atoms with Crippen molar-refractivity contribution in [1.29, 1.82) is 0 Å². The van der Waals surface area contributed by atoms with E-state index < -0.39 is 29.2 Å². The Balaban J connectivity index is 1.77. The topological polar surface area (TPSA) is 160 Å². The molecule has 3 rings (SSSR count). The van der Waals surface area contributed by atoms with Crippen LogP contribution in [-0.2, 0) is 28.8 Å². The molecule has 0 saturated carbocycles. The molecule has 2 aliphatic rings. The van der Waals surface area contributed by atoms with Gasteiger partial charge >= 0.3 is 5.97 Å². The van der Waals surface area contributed by atoms with Crippen LogP contribution in [0.5, 0.6) is 0 Å². The van der Waals surface area contributed by atoms with Gasteiger partial charge in [0.2, 0.25) is 6.41 Å². The molecule has 1 saturated heterocycles. The zero-order valence-corrected chi connectivity index (χ0v) is 17.4. The summed E-state index contributed by atoms with van der Waals surface area (Å²) in [6, 6.07) is -0.936. The molecule has 0 aromatic carbocycles. The summed E-state index contributed by atoms with van der Waals surface area (Å²) in [6.45, 7) is 0.0911. The van der Waals surface area contributed by atoms with Gasteiger partial charge in [0.15, 0.2) is 10.8 Å². The van der Waals surface area contributed by atoms with Gasteiger partial charge in [-0.3, -0.25) is 19.3 Å². The van der Waals surface area contributed by atoms with Crippen LogP contribution in [0.15, 0.2) is 21.8 Å². The van der Waals surface area contributed by atoms with Crippen LogP contribution >= 0.6 is 23.1 Å². The van der Waals surface area contributed by atoms with E-state index >= 15 is 0 Å². The monoisotopic (exact) mass is 455 g/mol. The van der Waals surface area contributed by atoms with Crippen LogP contribution in [0.2, 0.25) is 0 Å². The van der Waals surface area contributed by atoms with Crippen LogP contribution in [0.4, 0.5) is 5.13 Å². The van der Waals surface area contributed by atoms with Crippen molar-refractivity contribution in [2.45, 2.75) is 11.4 Å². The second-order valence-electron chi connectivity index (χ2n) is 5.97. The van der Waals surface area contributed by atoms with Crippen molar-refractivity contribution in [2.75, 3.05) is 31.9 Å². The van der Waals surface area contributed by atoms with Crippen molar-refractivity contribution in [3.63, 3.8) is 0 Å². The lowest BCUT2D eigenvalue weighted by molar-refractivity contribution is -0.150. The fourth-order valence-electron chi connectivity index (χ4n) is 2.97. The van der Waals surface area contributed by atoms with Gasteiger partial charge in [-0.15, -0.1) is 23.1 Å². The van der Waals surface area contributed by atoms with Gasteiger partial charge in [-0.25, -0.2) is 9.78 Å². The third-order valence-corrected chi connectivity index (χ3v) is 6.29. The Kier molecular flexibility index (Phi) is 6.69. The number of nitrogens with zero attached hydrogens (tertiary/aromatic N) is 3. The molecule has 160 valence electrons. The predicted molar refractivity (Wildman–Crippen MR) is 107 cm³/mol. The number of rotatable bonds is 9. The number of aromatic nitrogens is 1. The first-order valence-corrected chi connectivity index (χ1v) is 10.3. The fourth-order valence-corrected chi connectivity index (χ4v) is 4.96. The molecule has 0 spiro atoms. The molecule has 1 aromatic rings. The lowest BCUT2D eigenvalue weighted by atomic mass is 10.0. The minimum atomic E-state index is -1.23. The Morgan fingerprint density at radius 1 is 1.47 bits per heavy atom. The fraction of sp³-hybridized carbons (Fsp3) is 0.375. The number of carboxylic acid groups (broad SMARTS) is 1. The van der Waals surface area contributed by atoms with E-state index in [4.69, 9.17) is 9.57 Å². The van der Waals surface area contributed by atoms with Crippen LogP contribution in [0, 0.1) is 0 Å². The van der Waals surface area contributed by atoms with Gasteiger partial charge in [0.1, 0.15) is 29.9 Å². The highest BCUT2D eigenvalue weighted by atomic mass is 32.2. The van der Waals surface area contributed by atoms with Gasteiger partial charge in [0.25, 0.3) is 11.8 Å². The molecule has 1 aromatic heterocycles. The Hall–Kier alpha value is -2.97. The SMILES string of the molecule is COCC1=C(C(=O)O)N2C(=O)C(NC(=O)/C(=N\OC)c3csc(NC=O)n3)[C@H]2SC1. The van der Waals surface area contributed by atoms with Gasteiger partial charge in [-0.1, -0.05) is 5.16 Å². The summed E-state index contributed by atoms with van der Waals surface area (Å²) in [5.41, 5.74) is 0.334. The Labute approximate surface area is 178 Å². The molecule has 1 unspecified atom stereocenters. The molecule has 0 bridgehead atoms. The summed E-state index contributed by atoms with van der Waals surface area (Å²) >= 11 is 2.40. The predicted octanol–water partition coefficient (Wildman–Crippen LogP) is -0.553. The highest BCUT2D eigenvalue weighted by molar-refractivity contribution is 8.00. The van der Waals surface area contributed by atoms with Crippen LogP contribution in [0.1, 0.15) is 5.69 Å². The lowest BCUT2D eigenvalue weighted by Gasteiger charge is -2.49. The average Bonchev–Trinajstić information content (AvgIpc) is 3.18. The highest BCUT2D eigenvalue weighted by Gasteiger charge is 2.54. The maximum atomic E-state index is 12.7. The number of amides is 3. The molecule has 0 aliphatic carbocycles. The molecule has 0 radical (unpaired) electrons. The number of hydrogen-bond donors (Lipinski definition) is 3. The van der Waals surface area contributed by atoms with Crippen LogP contribution in [0.25, 0.3) is 0 Å². The van der Waals surface area contributed by atoms with Crippen molar-refractivity contribution in [3.05, 3.63) is 22.3 Å². The summed E-state index contributed by atoms with van der Waals surface area (Å²) in [5, 5.41) is 19.3. The molecule has 2 atom stereocenters. The number of oxime groups is 1. The zero-order chi connectivity index (χ0) is 21.8. The molecule has 3 heterocycles. The maximum Gasteiger partial charge on any atom is 0.352 e. The van der Waals surface area contributed by atoms with Crippen molar-refractivity contribution >= 4 is 58.1 Å². The number of carboxylic acids is 1. The van der Waals surface area contributed by atoms with Gasteiger partial charge in [-0.2, -0.15) is 0 Å². The number of carbonyl (C=O) groups is 4. The summed E-state index contributed by atoms with van der Waals surface area (Å²) in [7, 11) is 2.69. The normalized spacial score (nSPS) is 20.9. The van der Waals surface area contributed by atoms with Gasteiger partial charge in [0, 0.05) is 18.2 Å². The number of nitrogens with one attached hydrogen (secondary N) is 2.